The first-order chi connectivity index (χ1) is 8.34. The van der Waals surface area contributed by atoms with Gasteiger partial charge in [-0.1, -0.05) is 30.3 Å². The molecule has 2 heterocycles. The number of fused-ring (bicyclic) bond motifs is 1. The predicted molar refractivity (Wildman–Crippen MR) is 72.1 cm³/mol. The molecule has 0 aliphatic rings. The smallest absolute Gasteiger partial charge is 0.0820 e. The number of thiophene rings is 1. The SMILES string of the molecule is N[C@@H](c1ccc2ccccc2n1)c1cccs1. The zero-order chi connectivity index (χ0) is 11.7. The van der Waals surface area contributed by atoms with Crippen LogP contribution in [0.1, 0.15) is 16.6 Å². The van der Waals surface area contributed by atoms with Crippen molar-refractivity contribution in [3.63, 3.8) is 0 Å². The lowest BCUT2D eigenvalue weighted by molar-refractivity contribution is 0.855. The minimum absolute atomic E-state index is 0.125. The Morgan fingerprint density at radius 2 is 1.88 bits per heavy atom. The van der Waals surface area contributed by atoms with Gasteiger partial charge < -0.3 is 5.73 Å². The molecule has 17 heavy (non-hydrogen) atoms. The van der Waals surface area contributed by atoms with Crippen LogP contribution in [0.5, 0.6) is 0 Å². The summed E-state index contributed by atoms with van der Waals surface area (Å²) in [6.07, 6.45) is 0. The summed E-state index contributed by atoms with van der Waals surface area (Å²) >= 11 is 1.67. The van der Waals surface area contributed by atoms with E-state index in [2.05, 4.69) is 17.1 Å². The predicted octanol–water partition coefficient (Wildman–Crippen LogP) is 3.34. The Morgan fingerprint density at radius 1 is 1.00 bits per heavy atom. The number of pyridine rings is 1. The van der Waals surface area contributed by atoms with Crippen LogP contribution in [0.4, 0.5) is 0 Å². The average molecular weight is 240 g/mol. The summed E-state index contributed by atoms with van der Waals surface area (Å²) in [6.45, 7) is 0. The van der Waals surface area contributed by atoms with E-state index in [1.807, 2.05) is 41.8 Å². The van der Waals surface area contributed by atoms with E-state index in [0.29, 0.717) is 0 Å². The van der Waals surface area contributed by atoms with Crippen LogP contribution in [-0.2, 0) is 0 Å². The monoisotopic (exact) mass is 240 g/mol. The molecule has 84 valence electrons. The van der Waals surface area contributed by atoms with Crippen LogP contribution < -0.4 is 5.73 Å². The molecular weight excluding hydrogens is 228 g/mol. The molecular formula is C14H12N2S. The van der Waals surface area contributed by atoms with Gasteiger partial charge in [-0.2, -0.15) is 0 Å². The second-order valence-corrected chi connectivity index (χ2v) is 4.90. The average Bonchev–Trinajstić information content (AvgIpc) is 2.91. The lowest BCUT2D eigenvalue weighted by atomic mass is 10.1. The van der Waals surface area contributed by atoms with Crippen molar-refractivity contribution < 1.29 is 0 Å². The molecule has 0 saturated carbocycles. The van der Waals surface area contributed by atoms with Crippen LogP contribution in [0.25, 0.3) is 10.9 Å². The van der Waals surface area contributed by atoms with Gasteiger partial charge in [0.25, 0.3) is 0 Å². The summed E-state index contributed by atoms with van der Waals surface area (Å²) in [5.41, 5.74) is 8.12. The van der Waals surface area contributed by atoms with Crippen LogP contribution in [0.15, 0.2) is 53.9 Å². The molecule has 0 spiro atoms. The van der Waals surface area contributed by atoms with Crippen molar-refractivity contribution in [2.75, 3.05) is 0 Å². The fourth-order valence-corrected chi connectivity index (χ4v) is 2.61. The van der Waals surface area contributed by atoms with Crippen molar-refractivity contribution in [3.05, 3.63) is 64.5 Å². The van der Waals surface area contributed by atoms with Crippen molar-refractivity contribution in [3.8, 4) is 0 Å². The summed E-state index contributed by atoms with van der Waals surface area (Å²) < 4.78 is 0. The lowest BCUT2D eigenvalue weighted by Gasteiger charge is -2.09. The van der Waals surface area contributed by atoms with Gasteiger partial charge in [0, 0.05) is 10.3 Å². The Balaban J connectivity index is 2.06. The second-order valence-electron chi connectivity index (χ2n) is 3.92. The van der Waals surface area contributed by atoms with Crippen molar-refractivity contribution in [1.82, 2.24) is 4.98 Å². The minimum Gasteiger partial charge on any atom is -0.318 e. The maximum absolute atomic E-state index is 6.20. The summed E-state index contributed by atoms with van der Waals surface area (Å²) in [5.74, 6) is 0. The van der Waals surface area contributed by atoms with Gasteiger partial charge in [0.05, 0.1) is 17.3 Å². The van der Waals surface area contributed by atoms with Gasteiger partial charge in [0.15, 0.2) is 0 Å². The highest BCUT2D eigenvalue weighted by Gasteiger charge is 2.11. The first-order valence-electron chi connectivity index (χ1n) is 5.49. The van der Waals surface area contributed by atoms with E-state index in [0.717, 1.165) is 21.5 Å². The fraction of sp³-hybridized carbons (Fsp3) is 0.0714. The van der Waals surface area contributed by atoms with Crippen LogP contribution in [0, 0.1) is 0 Å². The number of para-hydroxylation sites is 1. The van der Waals surface area contributed by atoms with E-state index in [1.54, 1.807) is 11.3 Å². The standard InChI is InChI=1S/C14H12N2S/c15-14(13-6-3-9-17-13)12-8-7-10-4-1-2-5-11(10)16-12/h1-9,14H,15H2/t14-/m0/s1. The third kappa shape index (κ3) is 1.95. The van der Waals surface area contributed by atoms with Gasteiger partial charge in [-0.05, 0) is 23.6 Å². The summed E-state index contributed by atoms with van der Waals surface area (Å²) in [4.78, 5) is 5.76. The number of hydrogen-bond acceptors (Lipinski definition) is 3. The van der Waals surface area contributed by atoms with E-state index in [9.17, 15) is 0 Å². The zero-order valence-corrected chi connectivity index (χ0v) is 10.0. The Morgan fingerprint density at radius 3 is 2.71 bits per heavy atom. The van der Waals surface area contributed by atoms with Gasteiger partial charge >= 0.3 is 0 Å². The normalized spacial score (nSPS) is 12.8. The molecule has 2 N–H and O–H groups in total. The van der Waals surface area contributed by atoms with Gasteiger partial charge in [-0.25, -0.2) is 0 Å². The molecule has 0 unspecified atom stereocenters. The van der Waals surface area contributed by atoms with Crippen LogP contribution in [0.3, 0.4) is 0 Å². The van der Waals surface area contributed by atoms with Crippen LogP contribution >= 0.6 is 11.3 Å². The van der Waals surface area contributed by atoms with E-state index in [-0.39, 0.29) is 6.04 Å². The molecule has 3 aromatic rings. The Bertz CT molecular complexity index is 632. The molecule has 0 saturated heterocycles. The molecule has 0 radical (unpaired) electrons. The molecule has 0 fully saturated rings. The quantitative estimate of drug-likeness (QED) is 0.746. The van der Waals surface area contributed by atoms with Crippen molar-refractivity contribution >= 4 is 22.2 Å². The Labute approximate surface area is 104 Å². The number of nitrogens with zero attached hydrogens (tertiary/aromatic N) is 1. The van der Waals surface area contributed by atoms with E-state index in [1.165, 1.54) is 0 Å². The first-order valence-corrected chi connectivity index (χ1v) is 6.37. The largest absolute Gasteiger partial charge is 0.318 e. The molecule has 3 heteroatoms. The topological polar surface area (TPSA) is 38.9 Å². The minimum atomic E-state index is -0.125. The molecule has 0 aliphatic heterocycles. The highest BCUT2D eigenvalue weighted by Crippen LogP contribution is 2.23. The molecule has 1 atom stereocenters. The number of benzene rings is 1. The van der Waals surface area contributed by atoms with E-state index >= 15 is 0 Å². The maximum atomic E-state index is 6.20. The van der Waals surface area contributed by atoms with Crippen molar-refractivity contribution in [1.29, 1.82) is 0 Å². The molecule has 0 aliphatic carbocycles. The van der Waals surface area contributed by atoms with Gasteiger partial charge in [0.1, 0.15) is 0 Å². The lowest BCUT2D eigenvalue weighted by Crippen LogP contribution is -2.11. The Hall–Kier alpha value is -1.71. The van der Waals surface area contributed by atoms with Crippen molar-refractivity contribution in [2.24, 2.45) is 5.73 Å². The maximum Gasteiger partial charge on any atom is 0.0820 e. The number of rotatable bonds is 2. The first kappa shape index (κ1) is 10.4. The summed E-state index contributed by atoms with van der Waals surface area (Å²) in [7, 11) is 0. The number of hydrogen-bond donors (Lipinski definition) is 1. The highest BCUT2D eigenvalue weighted by molar-refractivity contribution is 7.10. The zero-order valence-electron chi connectivity index (χ0n) is 9.21. The van der Waals surface area contributed by atoms with Crippen molar-refractivity contribution in [2.45, 2.75) is 6.04 Å². The van der Waals surface area contributed by atoms with Crippen LogP contribution in [-0.4, -0.2) is 4.98 Å². The molecule has 0 amide bonds. The molecule has 0 bridgehead atoms. The third-order valence-electron chi connectivity index (χ3n) is 2.79. The second kappa shape index (κ2) is 4.28. The molecule has 3 rings (SSSR count). The van der Waals surface area contributed by atoms with E-state index < -0.39 is 0 Å². The Kier molecular flexibility index (Phi) is 2.63. The summed E-state index contributed by atoms with van der Waals surface area (Å²) in [5, 5.41) is 3.19. The summed E-state index contributed by atoms with van der Waals surface area (Å²) in [6, 6.07) is 16.1. The molecule has 2 nitrogen and oxygen atoms in total. The van der Waals surface area contributed by atoms with Gasteiger partial charge in [-0.3, -0.25) is 4.98 Å². The molecule has 1 aromatic carbocycles. The number of nitrogens with two attached hydrogens (primary N) is 1. The van der Waals surface area contributed by atoms with Gasteiger partial charge in [-0.15, -0.1) is 11.3 Å². The van der Waals surface area contributed by atoms with Gasteiger partial charge in [0.2, 0.25) is 0 Å². The fourth-order valence-electron chi connectivity index (χ4n) is 1.87. The van der Waals surface area contributed by atoms with Crippen LogP contribution in [0.2, 0.25) is 0 Å². The third-order valence-corrected chi connectivity index (χ3v) is 3.74. The van der Waals surface area contributed by atoms with E-state index in [4.69, 9.17) is 5.73 Å². The molecule has 2 aromatic heterocycles. The number of aromatic nitrogens is 1. The highest BCUT2D eigenvalue weighted by atomic mass is 32.1.